The van der Waals surface area contributed by atoms with Crippen LogP contribution in [-0.2, 0) is 5.41 Å². The van der Waals surface area contributed by atoms with Crippen LogP contribution in [0, 0.1) is 41.4 Å². The smallest absolute Gasteiger partial charge is 0.201 e. The second kappa shape index (κ2) is 5.87. The van der Waals surface area contributed by atoms with Crippen LogP contribution in [0.4, 0.5) is 5.69 Å². The van der Waals surface area contributed by atoms with Crippen molar-refractivity contribution in [3.63, 3.8) is 0 Å². The summed E-state index contributed by atoms with van der Waals surface area (Å²) in [7, 11) is 0. The summed E-state index contributed by atoms with van der Waals surface area (Å²) in [5.74, 6) is 2.41. The molecule has 4 fully saturated rings. The lowest BCUT2D eigenvalue weighted by Gasteiger charge is -2.57. The average Bonchev–Trinajstić information content (AvgIpc) is 2.55. The van der Waals surface area contributed by atoms with Crippen LogP contribution in [0.3, 0.4) is 0 Å². The predicted octanol–water partition coefficient (Wildman–Crippen LogP) is 3.69. The Hall–Kier alpha value is -2.35. The normalized spacial score (nSPS) is 33.1. The standard InChI is InChI=1S/C20H25N5/c1-12-2-3-16(7-17(12)24-25-18(11-21)19(22)23)20-8-13-4-14(9-20)6-15(5-13)10-20/h2-3,7,13-15,24H,4-6,8-10H2,1H3,(H3,22,23)/b25-18+. The molecule has 5 rings (SSSR count). The number of anilines is 1. The number of amidine groups is 1. The van der Waals surface area contributed by atoms with Crippen molar-refractivity contribution in [2.75, 3.05) is 5.43 Å². The van der Waals surface area contributed by atoms with Crippen LogP contribution in [0.5, 0.6) is 0 Å². The van der Waals surface area contributed by atoms with E-state index < -0.39 is 0 Å². The molecule has 5 heteroatoms. The largest absolute Gasteiger partial charge is 0.382 e. The quantitative estimate of drug-likeness (QED) is 0.444. The predicted molar refractivity (Wildman–Crippen MR) is 99.6 cm³/mol. The molecule has 0 saturated heterocycles. The van der Waals surface area contributed by atoms with Crippen molar-refractivity contribution in [1.29, 1.82) is 10.7 Å². The van der Waals surface area contributed by atoms with E-state index in [4.69, 9.17) is 16.4 Å². The van der Waals surface area contributed by atoms with Crippen molar-refractivity contribution < 1.29 is 0 Å². The summed E-state index contributed by atoms with van der Waals surface area (Å²) >= 11 is 0. The van der Waals surface area contributed by atoms with Gasteiger partial charge < -0.3 is 5.73 Å². The van der Waals surface area contributed by atoms with E-state index in [1.165, 1.54) is 44.1 Å². The first-order valence-electron chi connectivity index (χ1n) is 9.18. The molecule has 5 nitrogen and oxygen atoms in total. The van der Waals surface area contributed by atoms with Gasteiger partial charge in [0.15, 0.2) is 5.84 Å². The molecular weight excluding hydrogens is 310 g/mol. The minimum Gasteiger partial charge on any atom is -0.382 e. The second-order valence-electron chi connectivity index (χ2n) is 8.33. The van der Waals surface area contributed by atoms with Crippen molar-refractivity contribution in [3.8, 4) is 6.07 Å². The first kappa shape index (κ1) is 16.1. The van der Waals surface area contributed by atoms with Gasteiger partial charge in [0.2, 0.25) is 5.71 Å². The van der Waals surface area contributed by atoms with Gasteiger partial charge in [-0.05, 0) is 85.8 Å². The molecule has 0 aliphatic heterocycles. The van der Waals surface area contributed by atoms with Gasteiger partial charge in [0.1, 0.15) is 6.07 Å². The highest BCUT2D eigenvalue weighted by molar-refractivity contribution is 6.45. The van der Waals surface area contributed by atoms with Gasteiger partial charge in [-0.2, -0.15) is 10.4 Å². The third-order valence-corrected chi connectivity index (χ3v) is 6.54. The number of nitriles is 1. The number of nitrogens with zero attached hydrogens (tertiary/aromatic N) is 2. The van der Waals surface area contributed by atoms with E-state index in [0.717, 1.165) is 29.0 Å². The number of nitrogens with one attached hydrogen (secondary N) is 2. The number of hydrogen-bond acceptors (Lipinski definition) is 4. The van der Waals surface area contributed by atoms with Gasteiger partial charge in [-0.25, -0.2) is 0 Å². The second-order valence-corrected chi connectivity index (χ2v) is 8.33. The van der Waals surface area contributed by atoms with Crippen LogP contribution in [0.25, 0.3) is 0 Å². The van der Waals surface area contributed by atoms with E-state index in [1.54, 1.807) is 0 Å². The van der Waals surface area contributed by atoms with E-state index in [0.29, 0.717) is 5.41 Å². The molecule has 25 heavy (non-hydrogen) atoms. The fourth-order valence-electron chi connectivity index (χ4n) is 5.80. The van der Waals surface area contributed by atoms with Gasteiger partial charge in [0, 0.05) is 0 Å². The van der Waals surface area contributed by atoms with Crippen LogP contribution in [0.15, 0.2) is 23.3 Å². The lowest BCUT2D eigenvalue weighted by molar-refractivity contribution is -0.00516. The number of rotatable bonds is 4. The number of hydrazone groups is 1. The Kier molecular flexibility index (Phi) is 3.79. The highest BCUT2D eigenvalue weighted by Gasteiger charge is 2.51. The minimum absolute atomic E-state index is 0.0837. The molecule has 4 aliphatic carbocycles. The number of nitrogens with two attached hydrogens (primary N) is 1. The Morgan fingerprint density at radius 3 is 2.36 bits per heavy atom. The fraction of sp³-hybridized carbons (Fsp3) is 0.550. The summed E-state index contributed by atoms with van der Waals surface area (Å²) in [4.78, 5) is 0. The molecule has 1 aromatic carbocycles. The number of benzene rings is 1. The summed E-state index contributed by atoms with van der Waals surface area (Å²) in [5, 5.41) is 20.4. The maximum atomic E-state index is 9.01. The van der Waals surface area contributed by atoms with E-state index in [-0.39, 0.29) is 11.5 Å². The van der Waals surface area contributed by atoms with Crippen molar-refractivity contribution in [1.82, 2.24) is 0 Å². The SMILES string of the molecule is Cc1ccc(C23CC4CC(CC(C4)C2)C3)cc1N/N=C(\C#N)C(=N)N. The molecule has 4 bridgehead atoms. The maximum Gasteiger partial charge on any atom is 0.201 e. The van der Waals surface area contributed by atoms with Crippen molar-refractivity contribution >= 4 is 17.2 Å². The molecule has 0 radical (unpaired) electrons. The van der Waals surface area contributed by atoms with Gasteiger partial charge in [-0.15, -0.1) is 0 Å². The van der Waals surface area contributed by atoms with E-state index in [9.17, 15) is 0 Å². The van der Waals surface area contributed by atoms with Crippen molar-refractivity contribution in [3.05, 3.63) is 29.3 Å². The zero-order chi connectivity index (χ0) is 17.6. The first-order chi connectivity index (χ1) is 12.0. The Morgan fingerprint density at radius 1 is 1.24 bits per heavy atom. The molecule has 0 amide bonds. The number of hydrogen-bond donors (Lipinski definition) is 3. The molecular formula is C20H25N5. The third-order valence-electron chi connectivity index (χ3n) is 6.54. The van der Waals surface area contributed by atoms with Crippen LogP contribution in [0.2, 0.25) is 0 Å². The topological polar surface area (TPSA) is 98.0 Å². The molecule has 130 valence electrons. The highest BCUT2D eigenvalue weighted by Crippen LogP contribution is 2.60. The molecule has 0 unspecified atom stereocenters. The first-order valence-corrected chi connectivity index (χ1v) is 9.18. The third kappa shape index (κ3) is 2.80. The molecule has 4 saturated carbocycles. The lowest BCUT2D eigenvalue weighted by Crippen LogP contribution is -2.48. The van der Waals surface area contributed by atoms with Gasteiger partial charge in [-0.3, -0.25) is 10.8 Å². The van der Waals surface area contributed by atoms with Crippen LogP contribution >= 0.6 is 0 Å². The summed E-state index contributed by atoms with van der Waals surface area (Å²) in [6.45, 7) is 2.03. The van der Waals surface area contributed by atoms with Crippen molar-refractivity contribution in [2.45, 2.75) is 50.9 Å². The Morgan fingerprint density at radius 2 is 1.84 bits per heavy atom. The van der Waals surface area contributed by atoms with Crippen LogP contribution in [-0.4, -0.2) is 11.5 Å². The summed E-state index contributed by atoms with van der Waals surface area (Å²) in [5.41, 5.74) is 12.0. The fourth-order valence-corrected chi connectivity index (χ4v) is 5.80. The van der Waals surface area contributed by atoms with Gasteiger partial charge in [-0.1, -0.05) is 12.1 Å². The maximum absolute atomic E-state index is 9.01. The molecule has 0 spiro atoms. The molecule has 0 heterocycles. The van der Waals surface area contributed by atoms with E-state index in [1.807, 2.05) is 13.0 Å². The molecule has 1 aromatic rings. The van der Waals surface area contributed by atoms with Crippen LogP contribution in [0.1, 0.15) is 49.7 Å². The van der Waals surface area contributed by atoms with Crippen molar-refractivity contribution in [2.24, 2.45) is 28.6 Å². The highest BCUT2D eigenvalue weighted by atomic mass is 15.3. The molecule has 4 aliphatic rings. The van der Waals surface area contributed by atoms with E-state index in [2.05, 4.69) is 28.7 Å². The Balaban J connectivity index is 1.64. The average molecular weight is 335 g/mol. The molecule has 0 atom stereocenters. The van der Waals surface area contributed by atoms with E-state index >= 15 is 0 Å². The minimum atomic E-state index is -0.315. The van der Waals surface area contributed by atoms with Gasteiger partial charge in [0.25, 0.3) is 0 Å². The summed E-state index contributed by atoms with van der Waals surface area (Å²) < 4.78 is 0. The molecule has 0 aromatic heterocycles. The van der Waals surface area contributed by atoms with Gasteiger partial charge in [0.05, 0.1) is 5.69 Å². The van der Waals surface area contributed by atoms with Gasteiger partial charge >= 0.3 is 0 Å². The molecule has 4 N–H and O–H groups in total. The monoisotopic (exact) mass is 335 g/mol. The number of aryl methyl sites for hydroxylation is 1. The lowest BCUT2D eigenvalue weighted by atomic mass is 9.48. The Bertz CT molecular complexity index is 750. The zero-order valence-corrected chi connectivity index (χ0v) is 14.7. The summed E-state index contributed by atoms with van der Waals surface area (Å²) in [6, 6.07) is 8.49. The Labute approximate surface area is 148 Å². The van der Waals surface area contributed by atoms with Crippen LogP contribution < -0.4 is 11.2 Å². The zero-order valence-electron chi connectivity index (χ0n) is 14.7. The summed E-state index contributed by atoms with van der Waals surface area (Å²) in [6.07, 6.45) is 8.27.